The van der Waals surface area contributed by atoms with Gasteiger partial charge >= 0.3 is 6.18 Å². The van der Waals surface area contributed by atoms with Gasteiger partial charge in [-0.3, -0.25) is 9.59 Å². The first-order chi connectivity index (χ1) is 14.3. The smallest absolute Gasteiger partial charge is 0.353 e. The fourth-order valence-corrected chi connectivity index (χ4v) is 3.71. The molecule has 4 rings (SSSR count). The van der Waals surface area contributed by atoms with Gasteiger partial charge in [0.25, 0.3) is 0 Å². The normalized spacial score (nSPS) is 19.4. The number of carbonyl (C=O) groups excluding carboxylic acids is 2. The first-order valence-electron chi connectivity index (χ1n) is 10.1. The third-order valence-electron chi connectivity index (χ3n) is 5.49. The number of amides is 2. The molecule has 160 valence electrons. The van der Waals surface area contributed by atoms with E-state index in [1.807, 2.05) is 18.2 Å². The molecule has 2 aliphatic rings. The van der Waals surface area contributed by atoms with Crippen LogP contribution in [0.5, 0.6) is 0 Å². The minimum Gasteiger partial charge on any atom is -0.353 e. The Morgan fingerprint density at radius 2 is 2.03 bits per heavy atom. The number of hydrogen-bond acceptors (Lipinski definition) is 3. The third-order valence-corrected chi connectivity index (χ3v) is 5.49. The summed E-state index contributed by atoms with van der Waals surface area (Å²) in [6.07, 6.45) is 1.49. The van der Waals surface area contributed by atoms with Crippen LogP contribution in [0, 0.1) is 5.92 Å². The summed E-state index contributed by atoms with van der Waals surface area (Å²) in [6.45, 7) is 0. The van der Waals surface area contributed by atoms with Crippen molar-refractivity contribution in [2.45, 2.75) is 57.2 Å². The standard InChI is InChI=1S/C21H23F3N4O2/c22-21(23,24)9-7-18(29)26-14-5-3-12(4-6-14)16-11-17(28-20(30)13-1-2-13)27-19-15(16)8-10-25-19/h3,8,10-11,13-14H,1-2,4-7,9H2,(H,26,29)(H2,25,27,28,30). The SMILES string of the molecule is O=C(CCC(F)(F)F)NC1CC=C(c2cc(NC(=O)C3CC3)nc3[nH]ccc23)CC1. The minimum atomic E-state index is -4.33. The van der Waals surface area contributed by atoms with Gasteiger partial charge in [0.2, 0.25) is 11.8 Å². The molecule has 0 spiro atoms. The number of allylic oxidation sites excluding steroid dienone is 1. The zero-order valence-electron chi connectivity index (χ0n) is 16.3. The van der Waals surface area contributed by atoms with Crippen molar-refractivity contribution in [1.29, 1.82) is 0 Å². The number of pyridine rings is 1. The molecule has 0 bridgehead atoms. The fraction of sp³-hybridized carbons (Fsp3) is 0.476. The summed E-state index contributed by atoms with van der Waals surface area (Å²) in [6, 6.07) is 3.62. The Bertz CT molecular complexity index is 992. The van der Waals surface area contributed by atoms with Gasteiger partial charge in [-0.25, -0.2) is 4.98 Å². The van der Waals surface area contributed by atoms with Crippen molar-refractivity contribution in [2.24, 2.45) is 5.92 Å². The number of rotatable bonds is 6. The Morgan fingerprint density at radius 1 is 1.23 bits per heavy atom. The molecule has 2 aromatic heterocycles. The molecule has 0 saturated heterocycles. The number of carbonyl (C=O) groups is 2. The highest BCUT2D eigenvalue weighted by Crippen LogP contribution is 2.34. The molecule has 0 radical (unpaired) electrons. The molecule has 6 nitrogen and oxygen atoms in total. The zero-order valence-corrected chi connectivity index (χ0v) is 16.3. The van der Waals surface area contributed by atoms with Gasteiger partial charge in [-0.2, -0.15) is 13.2 Å². The van der Waals surface area contributed by atoms with Gasteiger partial charge in [0.05, 0.1) is 6.42 Å². The number of hydrogen-bond donors (Lipinski definition) is 3. The van der Waals surface area contributed by atoms with Crippen molar-refractivity contribution in [3.63, 3.8) is 0 Å². The van der Waals surface area contributed by atoms with Crippen LogP contribution in [-0.2, 0) is 9.59 Å². The van der Waals surface area contributed by atoms with Gasteiger partial charge in [0.1, 0.15) is 11.5 Å². The van der Waals surface area contributed by atoms with Crippen molar-refractivity contribution in [2.75, 3.05) is 5.32 Å². The molecular weight excluding hydrogens is 397 g/mol. The van der Waals surface area contributed by atoms with Crippen LogP contribution in [0.2, 0.25) is 0 Å². The van der Waals surface area contributed by atoms with E-state index in [0.717, 1.165) is 29.4 Å². The summed E-state index contributed by atoms with van der Waals surface area (Å²) in [4.78, 5) is 31.4. The molecule has 2 aliphatic carbocycles. The van der Waals surface area contributed by atoms with E-state index < -0.39 is 24.9 Å². The van der Waals surface area contributed by atoms with E-state index in [4.69, 9.17) is 0 Å². The topological polar surface area (TPSA) is 86.9 Å². The van der Waals surface area contributed by atoms with Gasteiger partial charge in [-0.15, -0.1) is 0 Å². The number of anilines is 1. The molecular formula is C21H23F3N4O2. The van der Waals surface area contributed by atoms with Crippen molar-refractivity contribution in [3.8, 4) is 0 Å². The maximum Gasteiger partial charge on any atom is 0.389 e. The lowest BCUT2D eigenvalue weighted by Crippen LogP contribution is -2.36. The van der Waals surface area contributed by atoms with E-state index >= 15 is 0 Å². The molecule has 1 atom stereocenters. The number of aromatic nitrogens is 2. The largest absolute Gasteiger partial charge is 0.389 e. The Kier molecular flexibility index (Phi) is 5.53. The van der Waals surface area contributed by atoms with Gasteiger partial charge in [0.15, 0.2) is 0 Å². The van der Waals surface area contributed by atoms with Gasteiger partial charge in [-0.05, 0) is 55.4 Å². The molecule has 9 heteroatoms. The maximum absolute atomic E-state index is 12.3. The first-order valence-corrected chi connectivity index (χ1v) is 10.1. The van der Waals surface area contributed by atoms with Crippen LogP contribution in [-0.4, -0.2) is 34.0 Å². The summed E-state index contributed by atoms with van der Waals surface area (Å²) in [7, 11) is 0. The van der Waals surface area contributed by atoms with Crippen LogP contribution in [0.25, 0.3) is 16.6 Å². The fourth-order valence-electron chi connectivity index (χ4n) is 3.71. The Labute approximate surface area is 171 Å². The highest BCUT2D eigenvalue weighted by atomic mass is 19.4. The number of nitrogens with one attached hydrogen (secondary N) is 3. The van der Waals surface area contributed by atoms with Crippen LogP contribution in [0.4, 0.5) is 19.0 Å². The van der Waals surface area contributed by atoms with Crippen LogP contribution in [0.15, 0.2) is 24.4 Å². The molecule has 1 fully saturated rings. The quantitative estimate of drug-likeness (QED) is 0.651. The van der Waals surface area contributed by atoms with E-state index in [9.17, 15) is 22.8 Å². The monoisotopic (exact) mass is 420 g/mol. The van der Waals surface area contributed by atoms with Crippen LogP contribution in [0.1, 0.15) is 50.5 Å². The molecule has 0 aliphatic heterocycles. The molecule has 2 amide bonds. The molecule has 1 saturated carbocycles. The summed E-state index contributed by atoms with van der Waals surface area (Å²) in [5.74, 6) is -0.0136. The van der Waals surface area contributed by atoms with Crippen molar-refractivity contribution >= 4 is 34.2 Å². The first kappa shape index (κ1) is 20.4. The second-order valence-corrected chi connectivity index (χ2v) is 7.94. The number of fused-ring (bicyclic) bond motifs is 1. The molecule has 2 aromatic rings. The van der Waals surface area contributed by atoms with Gasteiger partial charge in [0, 0.05) is 30.0 Å². The Morgan fingerprint density at radius 3 is 2.70 bits per heavy atom. The van der Waals surface area contributed by atoms with Gasteiger partial charge in [-0.1, -0.05) is 6.08 Å². The summed E-state index contributed by atoms with van der Waals surface area (Å²) >= 11 is 0. The van der Waals surface area contributed by atoms with E-state index in [-0.39, 0.29) is 17.9 Å². The van der Waals surface area contributed by atoms with Crippen LogP contribution < -0.4 is 10.6 Å². The Balaban J connectivity index is 1.44. The van der Waals surface area contributed by atoms with Crippen molar-refractivity contribution < 1.29 is 22.8 Å². The van der Waals surface area contributed by atoms with E-state index in [0.29, 0.717) is 30.7 Å². The minimum absolute atomic E-state index is 0.0152. The predicted molar refractivity (Wildman–Crippen MR) is 106 cm³/mol. The molecule has 3 N–H and O–H groups in total. The highest BCUT2D eigenvalue weighted by Gasteiger charge is 2.30. The number of alkyl halides is 3. The second-order valence-electron chi connectivity index (χ2n) is 7.94. The van der Waals surface area contributed by atoms with Gasteiger partial charge < -0.3 is 15.6 Å². The van der Waals surface area contributed by atoms with Crippen molar-refractivity contribution in [3.05, 3.63) is 30.0 Å². The number of halogens is 3. The highest BCUT2D eigenvalue weighted by molar-refractivity contribution is 5.97. The number of aromatic amines is 1. The lowest BCUT2D eigenvalue weighted by molar-refractivity contribution is -0.144. The number of nitrogens with zero attached hydrogens (tertiary/aromatic N) is 1. The maximum atomic E-state index is 12.3. The van der Waals surface area contributed by atoms with E-state index in [2.05, 4.69) is 20.6 Å². The molecule has 2 heterocycles. The summed E-state index contributed by atoms with van der Waals surface area (Å²) in [5, 5.41) is 6.52. The van der Waals surface area contributed by atoms with Crippen LogP contribution in [0.3, 0.4) is 0 Å². The van der Waals surface area contributed by atoms with Crippen LogP contribution >= 0.6 is 0 Å². The third kappa shape index (κ3) is 5.01. The average Bonchev–Trinajstić information content (AvgIpc) is 3.44. The summed E-state index contributed by atoms with van der Waals surface area (Å²) in [5.41, 5.74) is 2.72. The lowest BCUT2D eigenvalue weighted by Gasteiger charge is -2.24. The zero-order chi connectivity index (χ0) is 21.3. The second kappa shape index (κ2) is 8.12. The number of H-pyrrole nitrogens is 1. The average molecular weight is 420 g/mol. The van der Waals surface area contributed by atoms with E-state index in [1.165, 1.54) is 0 Å². The molecule has 30 heavy (non-hydrogen) atoms. The lowest BCUT2D eigenvalue weighted by atomic mass is 9.89. The molecule has 0 aromatic carbocycles. The Hall–Kier alpha value is -2.84. The van der Waals surface area contributed by atoms with Crippen molar-refractivity contribution in [1.82, 2.24) is 15.3 Å². The summed E-state index contributed by atoms with van der Waals surface area (Å²) < 4.78 is 36.8. The van der Waals surface area contributed by atoms with E-state index in [1.54, 1.807) is 6.20 Å². The predicted octanol–water partition coefficient (Wildman–Crippen LogP) is 4.31. The molecule has 1 unspecified atom stereocenters.